The van der Waals surface area contributed by atoms with E-state index < -0.39 is 0 Å². The zero-order valence-electron chi connectivity index (χ0n) is 12.1. The molecule has 0 aliphatic heterocycles. The van der Waals surface area contributed by atoms with Gasteiger partial charge in [-0.2, -0.15) is 0 Å². The largest absolute Gasteiger partial charge is 0.355 e. The number of imidazole rings is 1. The van der Waals surface area contributed by atoms with Gasteiger partial charge >= 0.3 is 0 Å². The number of nitrogens with one attached hydrogen (secondary N) is 1. The summed E-state index contributed by atoms with van der Waals surface area (Å²) in [6, 6.07) is 0. The summed E-state index contributed by atoms with van der Waals surface area (Å²) < 4.78 is 2.25. The molecule has 18 heavy (non-hydrogen) atoms. The van der Waals surface area contributed by atoms with E-state index in [-0.39, 0.29) is 0 Å². The number of anilines is 1. The highest BCUT2D eigenvalue weighted by Crippen LogP contribution is 2.28. The summed E-state index contributed by atoms with van der Waals surface area (Å²) >= 11 is 0. The smallest absolute Gasteiger partial charge is 0.203 e. The summed E-state index contributed by atoms with van der Waals surface area (Å²) in [6.07, 6.45) is 8.85. The summed E-state index contributed by atoms with van der Waals surface area (Å²) in [6.45, 7) is 8.81. The predicted octanol–water partition coefficient (Wildman–Crippen LogP) is 3.84. The zero-order valence-corrected chi connectivity index (χ0v) is 12.1. The molecular weight excluding hydrogens is 222 g/mol. The lowest BCUT2D eigenvalue weighted by Crippen LogP contribution is -2.21. The van der Waals surface area contributed by atoms with Gasteiger partial charge in [-0.25, -0.2) is 4.98 Å². The number of hydrogen-bond donors (Lipinski definition) is 1. The van der Waals surface area contributed by atoms with Crippen LogP contribution < -0.4 is 5.32 Å². The van der Waals surface area contributed by atoms with E-state index in [0.717, 1.165) is 43.0 Å². The maximum absolute atomic E-state index is 4.58. The van der Waals surface area contributed by atoms with Crippen LogP contribution in [0.3, 0.4) is 0 Å². The first kappa shape index (κ1) is 13.4. The van der Waals surface area contributed by atoms with Crippen molar-refractivity contribution in [2.75, 3.05) is 11.9 Å². The van der Waals surface area contributed by atoms with E-state index in [4.69, 9.17) is 0 Å². The Morgan fingerprint density at radius 2 is 2.06 bits per heavy atom. The first-order valence-electron chi connectivity index (χ1n) is 7.46. The summed E-state index contributed by atoms with van der Waals surface area (Å²) in [5.74, 6) is 2.84. The van der Waals surface area contributed by atoms with Crippen LogP contribution in [-0.4, -0.2) is 16.1 Å². The number of nitrogens with zero attached hydrogens (tertiary/aromatic N) is 2. The first-order chi connectivity index (χ1) is 8.69. The van der Waals surface area contributed by atoms with Crippen LogP contribution in [-0.2, 0) is 6.54 Å². The Balaban J connectivity index is 1.85. The van der Waals surface area contributed by atoms with Crippen molar-refractivity contribution in [1.82, 2.24) is 9.55 Å². The Morgan fingerprint density at radius 1 is 1.33 bits per heavy atom. The molecule has 1 heterocycles. The molecule has 0 spiro atoms. The third-order valence-electron chi connectivity index (χ3n) is 4.05. The Morgan fingerprint density at radius 3 is 2.72 bits per heavy atom. The van der Waals surface area contributed by atoms with Crippen LogP contribution >= 0.6 is 0 Å². The molecule has 0 radical (unpaired) electrons. The molecule has 1 aromatic heterocycles. The fraction of sp³-hybridized carbons (Fsp3) is 0.800. The van der Waals surface area contributed by atoms with E-state index in [0.29, 0.717) is 0 Å². The molecule has 3 heteroatoms. The van der Waals surface area contributed by atoms with Crippen molar-refractivity contribution in [1.29, 1.82) is 0 Å². The van der Waals surface area contributed by atoms with Gasteiger partial charge < -0.3 is 9.88 Å². The zero-order chi connectivity index (χ0) is 13.0. The van der Waals surface area contributed by atoms with Crippen LogP contribution in [0, 0.1) is 18.8 Å². The van der Waals surface area contributed by atoms with Crippen molar-refractivity contribution in [2.24, 2.45) is 11.8 Å². The van der Waals surface area contributed by atoms with Gasteiger partial charge in [0.05, 0.1) is 5.69 Å². The Bertz CT molecular complexity index is 362. The van der Waals surface area contributed by atoms with E-state index in [1.807, 2.05) is 0 Å². The third kappa shape index (κ3) is 3.50. The van der Waals surface area contributed by atoms with Gasteiger partial charge in [0.2, 0.25) is 5.95 Å². The molecule has 2 rings (SSSR count). The van der Waals surface area contributed by atoms with Gasteiger partial charge in [-0.1, -0.05) is 26.7 Å². The SMILES string of the molecule is CCCn1cc(C)nc1NCC1CCC(C)CC1. The second-order valence-corrected chi connectivity index (χ2v) is 5.91. The van der Waals surface area contributed by atoms with Crippen LogP contribution in [0.2, 0.25) is 0 Å². The van der Waals surface area contributed by atoms with Gasteiger partial charge in [0.15, 0.2) is 0 Å². The van der Waals surface area contributed by atoms with Gasteiger partial charge in [0, 0.05) is 19.3 Å². The van der Waals surface area contributed by atoms with Crippen molar-refractivity contribution in [2.45, 2.75) is 59.4 Å². The molecule has 0 atom stereocenters. The quantitative estimate of drug-likeness (QED) is 0.859. The monoisotopic (exact) mass is 249 g/mol. The highest BCUT2D eigenvalue weighted by Gasteiger charge is 2.18. The molecule has 0 saturated heterocycles. The molecule has 0 bridgehead atoms. The fourth-order valence-corrected chi connectivity index (χ4v) is 2.87. The second kappa shape index (κ2) is 6.26. The van der Waals surface area contributed by atoms with Crippen molar-refractivity contribution in [3.05, 3.63) is 11.9 Å². The van der Waals surface area contributed by atoms with E-state index in [1.165, 1.54) is 25.7 Å². The van der Waals surface area contributed by atoms with E-state index in [9.17, 15) is 0 Å². The summed E-state index contributed by atoms with van der Waals surface area (Å²) in [5, 5.41) is 3.56. The van der Waals surface area contributed by atoms with Crippen LogP contribution in [0.15, 0.2) is 6.20 Å². The summed E-state index contributed by atoms with van der Waals surface area (Å²) in [7, 11) is 0. The summed E-state index contributed by atoms with van der Waals surface area (Å²) in [5.41, 5.74) is 1.11. The topological polar surface area (TPSA) is 29.9 Å². The van der Waals surface area contributed by atoms with Crippen molar-refractivity contribution in [3.8, 4) is 0 Å². The molecule has 1 fully saturated rings. The van der Waals surface area contributed by atoms with E-state index in [2.05, 4.69) is 41.8 Å². The lowest BCUT2D eigenvalue weighted by Gasteiger charge is -2.26. The van der Waals surface area contributed by atoms with Crippen LogP contribution in [0.4, 0.5) is 5.95 Å². The molecule has 0 aromatic carbocycles. The van der Waals surface area contributed by atoms with Crippen LogP contribution in [0.1, 0.15) is 51.6 Å². The maximum atomic E-state index is 4.58. The Hall–Kier alpha value is -0.990. The first-order valence-corrected chi connectivity index (χ1v) is 7.46. The average molecular weight is 249 g/mol. The van der Waals surface area contributed by atoms with Crippen molar-refractivity contribution >= 4 is 5.95 Å². The number of hydrogen-bond acceptors (Lipinski definition) is 2. The fourth-order valence-electron chi connectivity index (χ4n) is 2.87. The number of rotatable bonds is 5. The Kier molecular flexibility index (Phi) is 4.67. The highest BCUT2D eigenvalue weighted by molar-refractivity contribution is 5.28. The standard InChI is InChI=1S/C15H27N3/c1-4-9-18-11-13(3)17-15(18)16-10-14-7-5-12(2)6-8-14/h11-12,14H,4-10H2,1-3H3,(H,16,17). The van der Waals surface area contributed by atoms with Gasteiger partial charge in [-0.15, -0.1) is 0 Å². The molecular formula is C15H27N3. The summed E-state index contributed by atoms with van der Waals surface area (Å²) in [4.78, 5) is 4.58. The van der Waals surface area contributed by atoms with Crippen molar-refractivity contribution < 1.29 is 0 Å². The van der Waals surface area contributed by atoms with E-state index >= 15 is 0 Å². The molecule has 1 saturated carbocycles. The molecule has 1 N–H and O–H groups in total. The second-order valence-electron chi connectivity index (χ2n) is 5.91. The van der Waals surface area contributed by atoms with Gasteiger partial charge in [-0.3, -0.25) is 0 Å². The van der Waals surface area contributed by atoms with Crippen LogP contribution in [0.25, 0.3) is 0 Å². The highest BCUT2D eigenvalue weighted by atomic mass is 15.2. The molecule has 1 aliphatic carbocycles. The molecule has 102 valence electrons. The predicted molar refractivity (Wildman–Crippen MR) is 76.9 cm³/mol. The molecule has 0 amide bonds. The van der Waals surface area contributed by atoms with Gasteiger partial charge in [0.25, 0.3) is 0 Å². The molecule has 3 nitrogen and oxygen atoms in total. The normalized spacial score (nSPS) is 24.2. The van der Waals surface area contributed by atoms with Crippen molar-refractivity contribution in [3.63, 3.8) is 0 Å². The minimum absolute atomic E-state index is 0.841. The lowest BCUT2D eigenvalue weighted by atomic mass is 9.83. The molecule has 1 aromatic rings. The minimum atomic E-state index is 0.841. The lowest BCUT2D eigenvalue weighted by molar-refractivity contribution is 0.300. The average Bonchev–Trinajstić information content (AvgIpc) is 2.70. The minimum Gasteiger partial charge on any atom is -0.355 e. The Labute approximate surface area is 111 Å². The maximum Gasteiger partial charge on any atom is 0.203 e. The third-order valence-corrected chi connectivity index (χ3v) is 4.05. The number of aromatic nitrogens is 2. The molecule has 0 unspecified atom stereocenters. The van der Waals surface area contributed by atoms with Crippen LogP contribution in [0.5, 0.6) is 0 Å². The van der Waals surface area contributed by atoms with E-state index in [1.54, 1.807) is 0 Å². The van der Waals surface area contributed by atoms with Gasteiger partial charge in [-0.05, 0) is 38.0 Å². The molecule has 1 aliphatic rings. The number of aryl methyl sites for hydroxylation is 2. The van der Waals surface area contributed by atoms with Gasteiger partial charge in [0.1, 0.15) is 0 Å².